The number of hydrogen-bond donors (Lipinski definition) is 3. The summed E-state index contributed by atoms with van der Waals surface area (Å²) in [5.74, 6) is 0.191. The molecule has 3 unspecified atom stereocenters. The van der Waals surface area contributed by atoms with Gasteiger partial charge >= 0.3 is 39.5 Å². The highest BCUT2D eigenvalue weighted by molar-refractivity contribution is 7.47. The number of carbonyl (C=O) groups excluding carboxylic acids is 4. The van der Waals surface area contributed by atoms with Crippen LogP contribution in [0.3, 0.4) is 0 Å². The summed E-state index contributed by atoms with van der Waals surface area (Å²) in [6.45, 7) is 11.9. The SMILES string of the molecule is CCCCCCCCCCCC(=O)OC[C@H](COP(=O)(O)OC[C@H](O)COP(=O)(O)OC[C@@H](COC(=O)CCCCCCCCCCCCCC(C)C)OC(=O)CCCCCCCCCCCCCCC(C)C)OC(=O)CCCCCCCCCCC(C)CC. The van der Waals surface area contributed by atoms with Crippen molar-refractivity contribution < 1.29 is 80.2 Å². The minimum atomic E-state index is -4.95. The van der Waals surface area contributed by atoms with E-state index < -0.39 is 97.5 Å². The van der Waals surface area contributed by atoms with Crippen LogP contribution in [-0.2, 0) is 65.4 Å². The van der Waals surface area contributed by atoms with Gasteiger partial charge in [-0.05, 0) is 43.4 Å². The van der Waals surface area contributed by atoms with Crippen molar-refractivity contribution in [1.29, 1.82) is 0 Å². The zero-order valence-corrected chi connectivity index (χ0v) is 60.4. The third-order valence-electron chi connectivity index (χ3n) is 16.7. The van der Waals surface area contributed by atoms with Gasteiger partial charge in [0.1, 0.15) is 19.3 Å². The molecule has 17 nitrogen and oxygen atoms in total. The van der Waals surface area contributed by atoms with E-state index in [2.05, 4.69) is 48.5 Å². The van der Waals surface area contributed by atoms with Crippen molar-refractivity contribution in [3.8, 4) is 0 Å². The van der Waals surface area contributed by atoms with E-state index >= 15 is 0 Å². The number of phosphoric acid groups is 2. The van der Waals surface area contributed by atoms with Crippen LogP contribution < -0.4 is 0 Å². The van der Waals surface area contributed by atoms with E-state index in [1.165, 1.54) is 167 Å². The molecule has 0 saturated carbocycles. The summed E-state index contributed by atoms with van der Waals surface area (Å²) in [7, 11) is -9.90. The van der Waals surface area contributed by atoms with Crippen LogP contribution in [-0.4, -0.2) is 96.7 Å². The fraction of sp³-hybridized carbons (Fsp3) is 0.944. The molecule has 90 heavy (non-hydrogen) atoms. The quantitative estimate of drug-likeness (QED) is 0.0222. The molecule has 534 valence electrons. The van der Waals surface area contributed by atoms with Gasteiger partial charge in [0.05, 0.1) is 26.4 Å². The van der Waals surface area contributed by atoms with Gasteiger partial charge in [-0.15, -0.1) is 0 Å². The first-order valence-electron chi connectivity index (χ1n) is 36.9. The molecule has 0 bridgehead atoms. The van der Waals surface area contributed by atoms with Gasteiger partial charge in [0.15, 0.2) is 12.2 Å². The minimum absolute atomic E-state index is 0.105. The predicted octanol–water partition coefficient (Wildman–Crippen LogP) is 20.2. The molecule has 0 amide bonds. The molecule has 0 heterocycles. The molecule has 0 aromatic carbocycles. The van der Waals surface area contributed by atoms with Crippen LogP contribution in [0.4, 0.5) is 0 Å². The number of rotatable bonds is 69. The molecule has 0 aliphatic heterocycles. The topological polar surface area (TPSA) is 237 Å². The summed E-state index contributed by atoms with van der Waals surface area (Å²) in [6, 6.07) is 0. The van der Waals surface area contributed by atoms with Crippen molar-refractivity contribution in [1.82, 2.24) is 0 Å². The summed E-state index contributed by atoms with van der Waals surface area (Å²) in [5, 5.41) is 10.6. The van der Waals surface area contributed by atoms with E-state index in [1.54, 1.807) is 0 Å². The van der Waals surface area contributed by atoms with E-state index in [1.807, 2.05) is 0 Å². The monoisotopic (exact) mass is 1320 g/mol. The zero-order chi connectivity index (χ0) is 66.6. The first-order chi connectivity index (χ1) is 43.3. The van der Waals surface area contributed by atoms with E-state index in [0.717, 1.165) is 108 Å². The average molecular weight is 1330 g/mol. The van der Waals surface area contributed by atoms with Crippen molar-refractivity contribution in [3.63, 3.8) is 0 Å². The van der Waals surface area contributed by atoms with E-state index in [0.29, 0.717) is 25.7 Å². The number of aliphatic hydroxyl groups excluding tert-OH is 1. The molecule has 0 radical (unpaired) electrons. The molecule has 0 aromatic heterocycles. The summed E-state index contributed by atoms with van der Waals surface area (Å²) >= 11 is 0. The largest absolute Gasteiger partial charge is 0.472 e. The molecular formula is C71H138O17P2. The van der Waals surface area contributed by atoms with Crippen LogP contribution in [0.25, 0.3) is 0 Å². The molecular weight excluding hydrogens is 1190 g/mol. The molecule has 19 heteroatoms. The standard InChI is InChI=1S/C71H138O17P2/c1-8-10-11-12-13-21-31-38-45-52-68(73)81-58-67(88-71(76)55-48-41-34-27-26-30-37-44-51-64(7)9-2)61-86-90(79,80)84-57-65(72)56-83-89(77,78)85-60-66(59-82-69(74)53-46-39-32-24-20-16-18-23-29-36-43-50-63(5)6)87-70(75)54-47-40-33-25-19-15-14-17-22-28-35-42-49-62(3)4/h62-67,72H,8-61H2,1-7H3,(H,77,78)(H,79,80)/t64?,65-,66-,67-/m1/s1. The predicted molar refractivity (Wildman–Crippen MR) is 363 cm³/mol. The number of hydrogen-bond acceptors (Lipinski definition) is 15. The van der Waals surface area contributed by atoms with E-state index in [4.69, 9.17) is 37.0 Å². The number of carbonyl (C=O) groups is 4. The van der Waals surface area contributed by atoms with Gasteiger partial charge in [0, 0.05) is 25.7 Å². The van der Waals surface area contributed by atoms with Gasteiger partial charge < -0.3 is 33.8 Å². The first-order valence-corrected chi connectivity index (χ1v) is 39.9. The zero-order valence-electron chi connectivity index (χ0n) is 58.6. The van der Waals surface area contributed by atoms with Gasteiger partial charge in [-0.1, -0.05) is 305 Å². The van der Waals surface area contributed by atoms with E-state index in [9.17, 15) is 43.2 Å². The Bertz CT molecular complexity index is 1770. The Morgan fingerprint density at radius 3 is 0.844 bits per heavy atom. The smallest absolute Gasteiger partial charge is 0.462 e. The lowest BCUT2D eigenvalue weighted by Crippen LogP contribution is -2.30. The highest BCUT2D eigenvalue weighted by Gasteiger charge is 2.30. The molecule has 3 N–H and O–H groups in total. The Labute approximate surface area is 549 Å². The van der Waals surface area contributed by atoms with Crippen LogP contribution in [0, 0.1) is 17.8 Å². The minimum Gasteiger partial charge on any atom is -0.462 e. The number of esters is 4. The number of aliphatic hydroxyl groups is 1. The lowest BCUT2D eigenvalue weighted by atomic mass is 9.99. The van der Waals surface area contributed by atoms with Crippen LogP contribution in [0.2, 0.25) is 0 Å². The van der Waals surface area contributed by atoms with Crippen molar-refractivity contribution >= 4 is 39.5 Å². The van der Waals surface area contributed by atoms with E-state index in [-0.39, 0.29) is 25.7 Å². The summed E-state index contributed by atoms with van der Waals surface area (Å²) in [5.41, 5.74) is 0. The fourth-order valence-electron chi connectivity index (χ4n) is 10.7. The second-order valence-electron chi connectivity index (χ2n) is 26.8. The number of unbranched alkanes of at least 4 members (excludes halogenated alkanes) is 36. The molecule has 0 spiro atoms. The first kappa shape index (κ1) is 88.1. The second-order valence-corrected chi connectivity index (χ2v) is 29.7. The Morgan fingerprint density at radius 1 is 0.322 bits per heavy atom. The Hall–Kier alpha value is -1.94. The molecule has 0 rings (SSSR count). The molecule has 6 atom stereocenters. The third kappa shape index (κ3) is 63.5. The molecule has 0 aliphatic carbocycles. The molecule has 0 fully saturated rings. The lowest BCUT2D eigenvalue weighted by molar-refractivity contribution is -0.161. The third-order valence-corrected chi connectivity index (χ3v) is 18.6. The van der Waals surface area contributed by atoms with Gasteiger partial charge in [0.25, 0.3) is 0 Å². The maximum atomic E-state index is 13.0. The Kier molecular flexibility index (Phi) is 60.6. The van der Waals surface area contributed by atoms with Crippen molar-refractivity contribution in [2.24, 2.45) is 17.8 Å². The highest BCUT2D eigenvalue weighted by Crippen LogP contribution is 2.45. The molecule has 0 aromatic rings. The molecule has 0 saturated heterocycles. The van der Waals surface area contributed by atoms with Crippen LogP contribution >= 0.6 is 15.6 Å². The van der Waals surface area contributed by atoms with Gasteiger partial charge in [-0.2, -0.15) is 0 Å². The summed E-state index contributed by atoms with van der Waals surface area (Å²) in [6.07, 6.45) is 45.7. The Balaban J connectivity index is 5.25. The van der Waals surface area contributed by atoms with Crippen molar-refractivity contribution in [3.05, 3.63) is 0 Å². The summed E-state index contributed by atoms with van der Waals surface area (Å²) in [4.78, 5) is 72.6. The number of phosphoric ester groups is 2. The maximum absolute atomic E-state index is 13.0. The Morgan fingerprint density at radius 2 is 0.567 bits per heavy atom. The van der Waals surface area contributed by atoms with Crippen molar-refractivity contribution in [2.45, 2.75) is 375 Å². The van der Waals surface area contributed by atoms with Crippen LogP contribution in [0.1, 0.15) is 357 Å². The number of ether oxygens (including phenoxy) is 4. The second kappa shape index (κ2) is 61.9. The fourth-order valence-corrected chi connectivity index (χ4v) is 12.3. The average Bonchev–Trinajstić information content (AvgIpc) is 3.08. The van der Waals surface area contributed by atoms with Gasteiger partial charge in [-0.3, -0.25) is 37.3 Å². The van der Waals surface area contributed by atoms with Crippen LogP contribution in [0.15, 0.2) is 0 Å². The van der Waals surface area contributed by atoms with Crippen molar-refractivity contribution in [2.75, 3.05) is 39.6 Å². The maximum Gasteiger partial charge on any atom is 0.472 e. The van der Waals surface area contributed by atoms with Gasteiger partial charge in [-0.25, -0.2) is 9.13 Å². The normalized spacial score (nSPS) is 14.5. The van der Waals surface area contributed by atoms with Crippen LogP contribution in [0.5, 0.6) is 0 Å². The lowest BCUT2D eigenvalue weighted by Gasteiger charge is -2.21. The van der Waals surface area contributed by atoms with Gasteiger partial charge in [0.2, 0.25) is 0 Å². The summed E-state index contributed by atoms with van der Waals surface area (Å²) < 4.78 is 68.3. The highest BCUT2D eigenvalue weighted by atomic mass is 31.2. The molecule has 0 aliphatic rings.